The molecular formula is C18H21N5O2. The lowest BCUT2D eigenvalue weighted by Gasteiger charge is -2.11. The first-order chi connectivity index (χ1) is 12.1. The standard InChI is InChI=1S/C18H21N5O2/c1-4-15-19-9-10-23(15)11-16(24)20-13(3)18-21-17(22-25-18)14-8-6-5-7-12(14)2/h5-10,13H,4,11H2,1-3H3,(H,20,24). The van der Waals surface area contributed by atoms with Crippen LogP contribution in [0.3, 0.4) is 0 Å². The fourth-order valence-corrected chi connectivity index (χ4v) is 2.65. The minimum absolute atomic E-state index is 0.129. The molecule has 1 amide bonds. The number of nitrogens with one attached hydrogen (secondary N) is 1. The fraction of sp³-hybridized carbons (Fsp3) is 0.333. The highest BCUT2D eigenvalue weighted by Gasteiger charge is 2.18. The molecule has 0 spiro atoms. The van der Waals surface area contributed by atoms with Gasteiger partial charge in [-0.1, -0.05) is 36.3 Å². The molecule has 0 radical (unpaired) electrons. The molecule has 1 unspecified atom stereocenters. The van der Waals surface area contributed by atoms with E-state index >= 15 is 0 Å². The van der Waals surface area contributed by atoms with Crippen LogP contribution in [0.4, 0.5) is 0 Å². The van der Waals surface area contributed by atoms with E-state index in [1.165, 1.54) is 0 Å². The zero-order chi connectivity index (χ0) is 17.8. The number of imidazole rings is 1. The van der Waals surface area contributed by atoms with Gasteiger partial charge in [0, 0.05) is 24.4 Å². The number of nitrogens with zero attached hydrogens (tertiary/aromatic N) is 4. The Balaban J connectivity index is 1.67. The Morgan fingerprint density at radius 2 is 2.16 bits per heavy atom. The van der Waals surface area contributed by atoms with Crippen molar-refractivity contribution in [3.05, 3.63) is 53.9 Å². The summed E-state index contributed by atoms with van der Waals surface area (Å²) in [4.78, 5) is 20.9. The summed E-state index contributed by atoms with van der Waals surface area (Å²) in [6, 6.07) is 7.46. The molecule has 7 heteroatoms. The zero-order valence-corrected chi connectivity index (χ0v) is 14.6. The Labute approximate surface area is 146 Å². The zero-order valence-electron chi connectivity index (χ0n) is 14.6. The molecule has 0 saturated carbocycles. The van der Waals surface area contributed by atoms with E-state index in [0.717, 1.165) is 23.4 Å². The average Bonchev–Trinajstić information content (AvgIpc) is 3.24. The van der Waals surface area contributed by atoms with E-state index in [0.29, 0.717) is 11.7 Å². The second-order valence-electron chi connectivity index (χ2n) is 5.89. The van der Waals surface area contributed by atoms with Crippen LogP contribution in [0.2, 0.25) is 0 Å². The van der Waals surface area contributed by atoms with Crippen LogP contribution in [0.15, 0.2) is 41.2 Å². The number of carbonyl (C=O) groups is 1. The normalized spacial score (nSPS) is 12.1. The lowest BCUT2D eigenvalue weighted by Crippen LogP contribution is -2.30. The first kappa shape index (κ1) is 16.9. The molecule has 130 valence electrons. The summed E-state index contributed by atoms with van der Waals surface area (Å²) in [6.07, 6.45) is 4.27. The molecule has 2 aromatic heterocycles. The van der Waals surface area contributed by atoms with Gasteiger partial charge in [0.05, 0.1) is 0 Å². The second kappa shape index (κ2) is 7.29. The number of aryl methyl sites for hydroxylation is 2. The Hall–Kier alpha value is -2.96. The molecular weight excluding hydrogens is 318 g/mol. The molecule has 1 atom stereocenters. The van der Waals surface area contributed by atoms with Crippen molar-refractivity contribution in [2.24, 2.45) is 0 Å². The Bertz CT molecular complexity index is 868. The van der Waals surface area contributed by atoms with Crippen molar-refractivity contribution in [1.29, 1.82) is 0 Å². The van der Waals surface area contributed by atoms with Crippen molar-refractivity contribution in [1.82, 2.24) is 25.0 Å². The summed E-state index contributed by atoms with van der Waals surface area (Å²) >= 11 is 0. The molecule has 3 rings (SSSR count). The topological polar surface area (TPSA) is 85.8 Å². The van der Waals surface area contributed by atoms with Gasteiger partial charge in [0.25, 0.3) is 0 Å². The van der Waals surface area contributed by atoms with E-state index in [2.05, 4.69) is 20.4 Å². The van der Waals surface area contributed by atoms with Gasteiger partial charge in [0.2, 0.25) is 17.6 Å². The van der Waals surface area contributed by atoms with Gasteiger partial charge in [-0.05, 0) is 19.4 Å². The van der Waals surface area contributed by atoms with Crippen LogP contribution in [0.5, 0.6) is 0 Å². The summed E-state index contributed by atoms with van der Waals surface area (Å²) in [5, 5.41) is 6.91. The SMILES string of the molecule is CCc1nccn1CC(=O)NC(C)c1nc(-c2ccccc2C)no1. The third kappa shape index (κ3) is 3.76. The molecule has 0 aliphatic heterocycles. The van der Waals surface area contributed by atoms with Crippen LogP contribution < -0.4 is 5.32 Å². The van der Waals surface area contributed by atoms with Crippen LogP contribution >= 0.6 is 0 Å². The van der Waals surface area contributed by atoms with Gasteiger partial charge < -0.3 is 14.4 Å². The summed E-state index contributed by atoms with van der Waals surface area (Å²) in [6.45, 7) is 6.03. The largest absolute Gasteiger partial charge is 0.343 e. The van der Waals surface area contributed by atoms with E-state index < -0.39 is 0 Å². The number of hydrogen-bond acceptors (Lipinski definition) is 5. The predicted octanol–water partition coefficient (Wildman–Crippen LogP) is 2.68. The Morgan fingerprint density at radius 3 is 2.92 bits per heavy atom. The Kier molecular flexibility index (Phi) is 4.92. The number of amides is 1. The number of hydrogen-bond donors (Lipinski definition) is 1. The van der Waals surface area contributed by atoms with E-state index in [1.807, 2.05) is 49.6 Å². The van der Waals surface area contributed by atoms with Crippen molar-refractivity contribution in [3.63, 3.8) is 0 Å². The highest BCUT2D eigenvalue weighted by Crippen LogP contribution is 2.21. The van der Waals surface area contributed by atoms with Gasteiger partial charge >= 0.3 is 0 Å². The summed E-state index contributed by atoms with van der Waals surface area (Å²) in [5.41, 5.74) is 1.99. The number of carbonyl (C=O) groups excluding carboxylic acids is 1. The van der Waals surface area contributed by atoms with Gasteiger partial charge in [0.15, 0.2) is 0 Å². The first-order valence-electron chi connectivity index (χ1n) is 8.27. The second-order valence-corrected chi connectivity index (χ2v) is 5.89. The Morgan fingerprint density at radius 1 is 1.36 bits per heavy atom. The highest BCUT2D eigenvalue weighted by atomic mass is 16.5. The van der Waals surface area contributed by atoms with Crippen LogP contribution in [0.25, 0.3) is 11.4 Å². The molecule has 0 fully saturated rings. The number of rotatable bonds is 6. The molecule has 0 aliphatic carbocycles. The summed E-state index contributed by atoms with van der Waals surface area (Å²) in [7, 11) is 0. The number of benzene rings is 1. The van der Waals surface area contributed by atoms with E-state index in [9.17, 15) is 4.79 Å². The monoisotopic (exact) mass is 339 g/mol. The van der Waals surface area contributed by atoms with E-state index in [1.54, 1.807) is 12.4 Å². The molecule has 25 heavy (non-hydrogen) atoms. The maximum absolute atomic E-state index is 12.2. The minimum Gasteiger partial charge on any atom is -0.343 e. The van der Waals surface area contributed by atoms with Gasteiger partial charge in [-0.2, -0.15) is 4.98 Å². The maximum Gasteiger partial charge on any atom is 0.249 e. The fourth-order valence-electron chi connectivity index (χ4n) is 2.65. The molecule has 7 nitrogen and oxygen atoms in total. The first-order valence-corrected chi connectivity index (χ1v) is 8.27. The smallest absolute Gasteiger partial charge is 0.249 e. The van der Waals surface area contributed by atoms with Gasteiger partial charge in [0.1, 0.15) is 18.4 Å². The van der Waals surface area contributed by atoms with Gasteiger partial charge in [-0.25, -0.2) is 4.98 Å². The average molecular weight is 339 g/mol. The molecule has 0 bridgehead atoms. The maximum atomic E-state index is 12.2. The van der Waals surface area contributed by atoms with Gasteiger partial charge in [-0.15, -0.1) is 0 Å². The number of aromatic nitrogens is 4. The molecule has 3 aromatic rings. The highest BCUT2D eigenvalue weighted by molar-refractivity contribution is 5.76. The van der Waals surface area contributed by atoms with Crippen molar-refractivity contribution in [2.45, 2.75) is 39.8 Å². The lowest BCUT2D eigenvalue weighted by molar-refractivity contribution is -0.122. The summed E-state index contributed by atoms with van der Waals surface area (Å²) < 4.78 is 7.15. The van der Waals surface area contributed by atoms with Crippen molar-refractivity contribution in [3.8, 4) is 11.4 Å². The third-order valence-corrected chi connectivity index (χ3v) is 4.01. The van der Waals surface area contributed by atoms with Crippen LogP contribution in [-0.4, -0.2) is 25.6 Å². The van der Waals surface area contributed by atoms with Gasteiger partial charge in [-0.3, -0.25) is 4.79 Å². The molecule has 1 aromatic carbocycles. The molecule has 2 heterocycles. The minimum atomic E-state index is -0.369. The van der Waals surface area contributed by atoms with E-state index in [4.69, 9.17) is 4.52 Å². The van der Waals surface area contributed by atoms with E-state index in [-0.39, 0.29) is 18.5 Å². The molecule has 0 aliphatic rings. The lowest BCUT2D eigenvalue weighted by atomic mass is 10.1. The van der Waals surface area contributed by atoms with Crippen LogP contribution in [0, 0.1) is 6.92 Å². The predicted molar refractivity (Wildman–Crippen MR) is 92.6 cm³/mol. The summed E-state index contributed by atoms with van der Waals surface area (Å²) in [5.74, 6) is 1.66. The molecule has 0 saturated heterocycles. The van der Waals surface area contributed by atoms with Crippen LogP contribution in [-0.2, 0) is 17.8 Å². The van der Waals surface area contributed by atoms with Crippen molar-refractivity contribution in [2.75, 3.05) is 0 Å². The van der Waals surface area contributed by atoms with Crippen molar-refractivity contribution >= 4 is 5.91 Å². The van der Waals surface area contributed by atoms with Crippen molar-refractivity contribution < 1.29 is 9.32 Å². The quantitative estimate of drug-likeness (QED) is 0.746. The van der Waals surface area contributed by atoms with Crippen LogP contribution in [0.1, 0.15) is 37.2 Å². The molecule has 1 N–H and O–H groups in total. The third-order valence-electron chi connectivity index (χ3n) is 4.01.